The number of aliphatic hydroxyl groups excluding tert-OH is 18. The summed E-state index contributed by atoms with van der Waals surface area (Å²) < 4.78 is 71.6. The Bertz CT molecular complexity index is 2710. The number of ether oxygens (including phenoxy) is 12. The topological polar surface area (TPSA) is 492 Å². The van der Waals surface area contributed by atoms with Crippen molar-refractivity contribution in [1.82, 2.24) is 0 Å². The third-order valence-corrected chi connectivity index (χ3v) is 25.3. The molecule has 0 unspecified atom stereocenters. The summed E-state index contributed by atoms with van der Waals surface area (Å²) in [6.07, 6.45) is -43.3. The van der Waals surface area contributed by atoms with Gasteiger partial charge in [-0.3, -0.25) is 4.79 Å². The van der Waals surface area contributed by atoms with Gasteiger partial charge in [0, 0.05) is 5.41 Å². The zero-order chi connectivity index (χ0) is 70.2. The van der Waals surface area contributed by atoms with Crippen molar-refractivity contribution in [2.24, 2.45) is 50.2 Å². The van der Waals surface area contributed by atoms with Gasteiger partial charge < -0.3 is 149 Å². The molecule has 0 aromatic carbocycles. The molecule has 0 amide bonds. The van der Waals surface area contributed by atoms with E-state index in [0.717, 1.165) is 5.57 Å². The molecule has 0 radical (unpaired) electrons. The molecule has 11 aliphatic rings. The molecule has 96 heavy (non-hydrogen) atoms. The van der Waals surface area contributed by atoms with Crippen LogP contribution in [-0.2, 0) is 61.6 Å². The van der Waals surface area contributed by atoms with Gasteiger partial charge in [0.15, 0.2) is 37.6 Å². The van der Waals surface area contributed by atoms with Gasteiger partial charge in [-0.05, 0) is 118 Å². The number of allylic oxidation sites excluding steroid dienone is 2. The first kappa shape index (κ1) is 75.2. The Morgan fingerprint density at radius 1 is 0.490 bits per heavy atom. The van der Waals surface area contributed by atoms with E-state index in [1.807, 2.05) is 6.92 Å². The fraction of sp³-hybridized carbons (Fsp3) is 0.954. The lowest BCUT2D eigenvalue weighted by atomic mass is 9.33. The molecule has 39 atom stereocenters. The van der Waals surface area contributed by atoms with Crippen LogP contribution in [0.4, 0.5) is 0 Å². The molecular weight excluding hydrogens is 1280 g/mol. The van der Waals surface area contributed by atoms with Crippen molar-refractivity contribution in [3.8, 4) is 0 Å². The molecule has 0 bridgehead atoms. The second-order valence-corrected chi connectivity index (χ2v) is 31.3. The molecule has 31 heteroatoms. The number of carbonyl (C=O) groups is 1. The monoisotopic (exact) mass is 1380 g/mol. The SMILES string of the molecule is C[C@@H]1O[C@@H](O[C@@H]2[C@@H](O)[C@H](O[C@@H]3[C@@H](O)[C@@H](O)[C@H](O[C@H]4[C@H](OC(=O)[C@]56CCC(C)(C)C[C@H]5C5=CC[C@@H]7[C@@]8(C)CC[C@H](O[C@@H]9O[C@H](CO)[C@@H](O)[C@H](O[C@@H]%10O[C@H](CO)[C@@H](O)[C@H](O)[C@H]%10O)[C@H]9O)[C@@](C)(CO)[C@@H]8CC[C@@]7(C)[C@]5(C)C[C@H]6O)O[C@H](C)[C@H](O)[C@@H]4O)O[C@H]3C)OC[C@H]2O)[C@H](O)[C@H](O)[C@H]1O. The maximum atomic E-state index is 15.7. The number of hydrogen-bond donors (Lipinski definition) is 18. The van der Waals surface area contributed by atoms with Crippen LogP contribution in [0.2, 0.25) is 0 Å². The summed E-state index contributed by atoms with van der Waals surface area (Å²) in [7, 11) is 0. The number of fused-ring (bicyclic) bond motifs is 7. The maximum absolute atomic E-state index is 15.7. The standard InChI is InChI=1S/C65H106O31/c1-24-36(71)40(75)44(79)54(86-24)93-50-29(69)22-85-53(47(50)82)92-49-26(3)88-55(46(81)43(49)78)95-52-42(77)37(72)25(2)87-58(52)96-59(84)65-17-16-60(4,5)18-28(65)27-10-11-33-61(6)14-13-35(62(7,23-68)32(61)12-15-63(33,8)64(27,9)19-34(65)70)91-57-48(83)51(39(74)31(21-67)90-57)94-56-45(80)41(76)38(73)30(20-66)89-56/h10,24-26,28-58,66-83H,11-23H2,1-9H3/t24-,25+,26-,28-,29+,30+,31+,32+,33+,34+,35-,36-,37-,38+,39+,40+,41-,42-,43-,44+,45+,46+,47+,48+,49-,50-,51-,52+,53-,54-,55-,56-,57-,58-,61-,62-,63+,64+,65+/m0/s1. The fourth-order valence-electron chi connectivity index (χ4n) is 19.2. The van der Waals surface area contributed by atoms with Crippen molar-refractivity contribution < 1.29 is 154 Å². The maximum Gasteiger partial charge on any atom is 0.317 e. The molecule has 31 nitrogen and oxygen atoms in total. The molecule has 11 rings (SSSR count). The molecule has 552 valence electrons. The smallest absolute Gasteiger partial charge is 0.317 e. The van der Waals surface area contributed by atoms with E-state index in [-0.39, 0.29) is 36.7 Å². The lowest BCUT2D eigenvalue weighted by molar-refractivity contribution is -0.380. The first-order valence-electron chi connectivity index (χ1n) is 34.1. The minimum Gasteiger partial charge on any atom is -0.432 e. The number of rotatable bonds is 15. The summed E-state index contributed by atoms with van der Waals surface area (Å²) in [5.41, 5.74) is -3.62. The lowest BCUT2D eigenvalue weighted by Crippen LogP contribution is -2.69. The van der Waals surface area contributed by atoms with E-state index in [2.05, 4.69) is 40.7 Å². The highest BCUT2D eigenvalue weighted by atomic mass is 16.8. The first-order chi connectivity index (χ1) is 45.0. The first-order valence-corrected chi connectivity index (χ1v) is 34.1. The summed E-state index contributed by atoms with van der Waals surface area (Å²) in [6, 6.07) is 0. The average molecular weight is 1380 g/mol. The Hall–Kier alpha value is -1.95. The van der Waals surface area contributed by atoms with Crippen LogP contribution in [0.3, 0.4) is 0 Å². The van der Waals surface area contributed by atoms with Crippen molar-refractivity contribution >= 4 is 5.97 Å². The van der Waals surface area contributed by atoms with Crippen molar-refractivity contribution in [2.45, 2.75) is 310 Å². The molecule has 6 saturated heterocycles. The van der Waals surface area contributed by atoms with E-state index in [1.165, 1.54) is 20.8 Å². The Balaban J connectivity index is 0.794. The summed E-state index contributed by atoms with van der Waals surface area (Å²) in [4.78, 5) is 15.7. The van der Waals surface area contributed by atoms with Gasteiger partial charge in [-0.25, -0.2) is 0 Å². The van der Waals surface area contributed by atoms with Crippen molar-refractivity contribution in [2.75, 3.05) is 26.4 Å². The molecule has 6 aliphatic heterocycles. The highest BCUT2D eigenvalue weighted by molar-refractivity contribution is 5.80. The normalized spacial score (nSPS) is 55.9. The molecule has 18 N–H and O–H groups in total. The van der Waals surface area contributed by atoms with Crippen LogP contribution in [0.25, 0.3) is 0 Å². The van der Waals surface area contributed by atoms with Gasteiger partial charge in [0.05, 0.1) is 56.9 Å². The molecule has 0 spiro atoms. The number of hydrogen-bond acceptors (Lipinski definition) is 31. The number of aliphatic hydroxyl groups is 18. The van der Waals surface area contributed by atoms with Crippen LogP contribution < -0.4 is 0 Å². The van der Waals surface area contributed by atoms with Crippen LogP contribution in [0.5, 0.6) is 0 Å². The van der Waals surface area contributed by atoms with Crippen LogP contribution in [0, 0.1) is 50.2 Å². The number of esters is 1. The van der Waals surface area contributed by atoms with Crippen LogP contribution in [0.15, 0.2) is 11.6 Å². The van der Waals surface area contributed by atoms with E-state index < -0.39 is 249 Å². The van der Waals surface area contributed by atoms with E-state index in [1.54, 1.807) is 0 Å². The summed E-state index contributed by atoms with van der Waals surface area (Å²) in [6.45, 7) is 14.7. The van der Waals surface area contributed by atoms with E-state index >= 15 is 4.79 Å². The summed E-state index contributed by atoms with van der Waals surface area (Å²) in [5.74, 6) is -1.69. The van der Waals surface area contributed by atoms with Gasteiger partial charge in [-0.15, -0.1) is 0 Å². The van der Waals surface area contributed by atoms with Crippen LogP contribution >= 0.6 is 0 Å². The second kappa shape index (κ2) is 27.9. The fourth-order valence-corrected chi connectivity index (χ4v) is 19.2. The highest BCUT2D eigenvalue weighted by Crippen LogP contribution is 2.76. The molecule has 0 aromatic rings. The predicted octanol–water partition coefficient (Wildman–Crippen LogP) is -4.72. The van der Waals surface area contributed by atoms with Crippen LogP contribution in [-0.4, -0.2) is 315 Å². The van der Waals surface area contributed by atoms with Crippen molar-refractivity contribution in [3.63, 3.8) is 0 Å². The van der Waals surface area contributed by atoms with E-state index in [0.29, 0.717) is 44.9 Å². The largest absolute Gasteiger partial charge is 0.432 e. The number of carbonyl (C=O) groups excluding carboxylic acids is 1. The average Bonchev–Trinajstić information content (AvgIpc) is 0.671. The minimum absolute atomic E-state index is 0.0545. The third kappa shape index (κ3) is 12.5. The third-order valence-electron chi connectivity index (χ3n) is 25.3. The Kier molecular flexibility index (Phi) is 21.9. The van der Waals surface area contributed by atoms with Gasteiger partial charge in [0.2, 0.25) is 6.29 Å². The van der Waals surface area contributed by atoms with Gasteiger partial charge in [0.25, 0.3) is 0 Å². The lowest BCUT2D eigenvalue weighted by Gasteiger charge is -2.72. The van der Waals surface area contributed by atoms with E-state index in [9.17, 15) is 91.9 Å². The predicted molar refractivity (Wildman–Crippen MR) is 321 cm³/mol. The molecule has 0 aromatic heterocycles. The quantitative estimate of drug-likeness (QED) is 0.0416. The Morgan fingerprint density at radius 2 is 1.01 bits per heavy atom. The Labute approximate surface area is 556 Å². The Morgan fingerprint density at radius 3 is 1.65 bits per heavy atom. The zero-order valence-electron chi connectivity index (χ0n) is 55.8. The van der Waals surface area contributed by atoms with Gasteiger partial charge in [0.1, 0.15) is 121 Å². The van der Waals surface area contributed by atoms with Crippen molar-refractivity contribution in [3.05, 3.63) is 11.6 Å². The summed E-state index contributed by atoms with van der Waals surface area (Å²) >= 11 is 0. The second-order valence-electron chi connectivity index (χ2n) is 31.3. The molecule has 10 fully saturated rings. The molecule has 4 saturated carbocycles. The molecule has 6 heterocycles. The van der Waals surface area contributed by atoms with Gasteiger partial charge >= 0.3 is 5.97 Å². The molecular formula is C65H106O31. The van der Waals surface area contributed by atoms with Gasteiger partial charge in [-0.1, -0.05) is 53.2 Å². The molecule has 5 aliphatic carbocycles. The van der Waals surface area contributed by atoms with E-state index in [4.69, 9.17) is 56.8 Å². The zero-order valence-corrected chi connectivity index (χ0v) is 55.8. The van der Waals surface area contributed by atoms with Gasteiger partial charge in [-0.2, -0.15) is 0 Å². The highest BCUT2D eigenvalue weighted by Gasteiger charge is 2.73. The van der Waals surface area contributed by atoms with Crippen LogP contribution in [0.1, 0.15) is 120 Å². The minimum atomic E-state index is -2.00. The summed E-state index contributed by atoms with van der Waals surface area (Å²) in [5, 5.41) is 199. The van der Waals surface area contributed by atoms with Crippen molar-refractivity contribution in [1.29, 1.82) is 0 Å².